The third-order valence-electron chi connectivity index (χ3n) is 1.94. The van der Waals surface area contributed by atoms with Crippen LogP contribution in [0.5, 0.6) is 0 Å². The summed E-state index contributed by atoms with van der Waals surface area (Å²) in [6.07, 6.45) is 3.00. The number of methoxy groups -OCH3 is 1. The van der Waals surface area contributed by atoms with Crippen molar-refractivity contribution in [2.45, 2.75) is 12.5 Å². The van der Waals surface area contributed by atoms with Gasteiger partial charge in [0.15, 0.2) is 0 Å². The predicted octanol–water partition coefficient (Wildman–Crippen LogP) is 0.973. The molecule has 0 aromatic carbocycles. The summed E-state index contributed by atoms with van der Waals surface area (Å²) in [6.45, 7) is 4.64. The minimum absolute atomic E-state index is 0.511. The summed E-state index contributed by atoms with van der Waals surface area (Å²) in [6, 6.07) is 0. The van der Waals surface area contributed by atoms with Crippen molar-refractivity contribution in [2.75, 3.05) is 33.1 Å². The van der Waals surface area contributed by atoms with Crippen LogP contribution in [0.3, 0.4) is 0 Å². The second kappa shape index (κ2) is 4.27. The van der Waals surface area contributed by atoms with Crippen LogP contribution < -0.4 is 0 Å². The molecule has 0 N–H and O–H groups in total. The monoisotopic (exact) mass is 161 g/mol. The van der Waals surface area contributed by atoms with Gasteiger partial charge in [0.25, 0.3) is 0 Å². The van der Waals surface area contributed by atoms with Crippen LogP contribution in [0.1, 0.15) is 6.42 Å². The highest BCUT2D eigenvalue weighted by Gasteiger charge is 2.20. The summed E-state index contributed by atoms with van der Waals surface area (Å²) in [4.78, 5) is 2.48. The molecule has 2 nitrogen and oxygen atoms in total. The normalized spacial score (nSPS) is 28.8. The van der Waals surface area contributed by atoms with Crippen LogP contribution in [0.15, 0.2) is 0 Å². The van der Waals surface area contributed by atoms with Gasteiger partial charge >= 0.3 is 0 Å². The number of likely N-dealkylation sites (tertiary alicyclic amines) is 1. The van der Waals surface area contributed by atoms with Crippen molar-refractivity contribution < 1.29 is 4.74 Å². The van der Waals surface area contributed by atoms with E-state index in [0.29, 0.717) is 6.10 Å². The van der Waals surface area contributed by atoms with Crippen molar-refractivity contribution in [1.29, 1.82) is 0 Å². The number of hydrogen-bond acceptors (Lipinski definition) is 2. The number of nitrogens with zero attached hydrogens (tertiary/aromatic N) is 1. The van der Waals surface area contributed by atoms with E-state index < -0.39 is 0 Å². The minimum Gasteiger partial charge on any atom is -0.380 e. The molecule has 0 amide bonds. The molecule has 1 fully saturated rings. The van der Waals surface area contributed by atoms with Crippen molar-refractivity contribution in [3.05, 3.63) is 0 Å². The Morgan fingerprint density at radius 2 is 2.50 bits per heavy atom. The number of rotatable bonds is 3. The first-order valence-corrected chi connectivity index (χ1v) is 5.47. The van der Waals surface area contributed by atoms with E-state index in [0.717, 1.165) is 15.1 Å². The van der Waals surface area contributed by atoms with Crippen molar-refractivity contribution >= 4 is 8.58 Å². The zero-order chi connectivity index (χ0) is 7.40. The minimum atomic E-state index is 0.511. The maximum atomic E-state index is 5.25. The Morgan fingerprint density at radius 3 is 3.00 bits per heavy atom. The van der Waals surface area contributed by atoms with Gasteiger partial charge in [-0.1, -0.05) is 0 Å². The van der Waals surface area contributed by atoms with Gasteiger partial charge in [0.05, 0.1) is 6.10 Å². The molecule has 0 saturated carbocycles. The third kappa shape index (κ3) is 2.19. The Bertz CT molecular complexity index is 99.6. The molecule has 0 spiro atoms. The zero-order valence-electron chi connectivity index (χ0n) is 6.76. The summed E-state index contributed by atoms with van der Waals surface area (Å²) in [5.41, 5.74) is 0. The summed E-state index contributed by atoms with van der Waals surface area (Å²) < 4.78 is 5.25. The molecule has 0 bridgehead atoms. The van der Waals surface area contributed by atoms with Crippen molar-refractivity contribution in [3.63, 3.8) is 0 Å². The number of ether oxygens (including phenoxy) is 1. The molecule has 1 saturated heterocycles. The molecule has 1 rings (SSSR count). The van der Waals surface area contributed by atoms with Gasteiger partial charge in [-0.3, -0.25) is 4.90 Å². The first-order chi connectivity index (χ1) is 4.86. The van der Waals surface area contributed by atoms with Gasteiger partial charge in [0, 0.05) is 26.5 Å². The second-order valence-electron chi connectivity index (χ2n) is 2.74. The molecular formula is C7H16NOP. The molecule has 2 atom stereocenters. The molecule has 1 aliphatic heterocycles. The predicted molar refractivity (Wildman–Crippen MR) is 46.1 cm³/mol. The lowest BCUT2D eigenvalue weighted by molar-refractivity contribution is 0.110. The van der Waals surface area contributed by atoms with E-state index in [1.54, 1.807) is 0 Å². The molecule has 0 aromatic rings. The van der Waals surface area contributed by atoms with E-state index in [-0.39, 0.29) is 0 Å². The molecule has 3 heteroatoms. The summed E-state index contributed by atoms with van der Waals surface area (Å²) in [5, 5.41) is 0. The SMILES string of the molecule is COC1CCN(CPC)C1. The molecule has 1 aliphatic rings. The highest BCUT2D eigenvalue weighted by atomic mass is 31.1. The van der Waals surface area contributed by atoms with Gasteiger partial charge in [-0.2, -0.15) is 0 Å². The van der Waals surface area contributed by atoms with Gasteiger partial charge in [-0.15, -0.1) is 8.58 Å². The fourth-order valence-electron chi connectivity index (χ4n) is 1.36. The third-order valence-corrected chi connectivity index (χ3v) is 2.71. The lowest BCUT2D eigenvalue weighted by atomic mass is 10.3. The largest absolute Gasteiger partial charge is 0.380 e. The van der Waals surface area contributed by atoms with Gasteiger partial charge in [-0.25, -0.2) is 0 Å². The highest BCUT2D eigenvalue weighted by molar-refractivity contribution is 7.36. The van der Waals surface area contributed by atoms with E-state index in [4.69, 9.17) is 4.74 Å². The lowest BCUT2D eigenvalue weighted by Gasteiger charge is -2.13. The second-order valence-corrected chi connectivity index (χ2v) is 3.76. The number of hydrogen-bond donors (Lipinski definition) is 0. The van der Waals surface area contributed by atoms with E-state index in [9.17, 15) is 0 Å². The van der Waals surface area contributed by atoms with E-state index in [1.165, 1.54) is 19.3 Å². The van der Waals surface area contributed by atoms with Crippen molar-refractivity contribution in [3.8, 4) is 0 Å². The van der Waals surface area contributed by atoms with Gasteiger partial charge in [0.2, 0.25) is 0 Å². The van der Waals surface area contributed by atoms with Gasteiger partial charge < -0.3 is 4.74 Å². The summed E-state index contributed by atoms with van der Waals surface area (Å²) in [5.74, 6) is 0. The molecule has 10 heavy (non-hydrogen) atoms. The van der Waals surface area contributed by atoms with Crippen LogP contribution >= 0.6 is 8.58 Å². The molecule has 2 unspecified atom stereocenters. The smallest absolute Gasteiger partial charge is 0.0710 e. The highest BCUT2D eigenvalue weighted by Crippen LogP contribution is 2.15. The van der Waals surface area contributed by atoms with E-state index in [1.807, 2.05) is 7.11 Å². The van der Waals surface area contributed by atoms with Crippen molar-refractivity contribution in [2.24, 2.45) is 0 Å². The Kier molecular flexibility index (Phi) is 3.61. The average Bonchev–Trinajstić information content (AvgIpc) is 2.37. The standard InChI is InChI=1S/C7H16NOP/c1-9-7-3-4-8(5-7)6-10-2/h7,10H,3-6H2,1-2H3. The van der Waals surface area contributed by atoms with Crippen LogP contribution in [0.4, 0.5) is 0 Å². The van der Waals surface area contributed by atoms with Crippen LogP contribution in [0, 0.1) is 0 Å². The molecule has 60 valence electrons. The maximum Gasteiger partial charge on any atom is 0.0710 e. The van der Waals surface area contributed by atoms with E-state index in [2.05, 4.69) is 11.6 Å². The van der Waals surface area contributed by atoms with Gasteiger partial charge in [-0.05, 0) is 13.1 Å². The molecule has 0 aliphatic carbocycles. The summed E-state index contributed by atoms with van der Waals surface area (Å²) >= 11 is 0. The molecule has 0 aromatic heterocycles. The zero-order valence-corrected chi connectivity index (χ0v) is 7.76. The fraction of sp³-hybridized carbons (Fsp3) is 1.00. The topological polar surface area (TPSA) is 12.5 Å². The molecule has 0 radical (unpaired) electrons. The maximum absolute atomic E-state index is 5.25. The first kappa shape index (κ1) is 8.45. The average molecular weight is 161 g/mol. The Morgan fingerprint density at radius 1 is 1.70 bits per heavy atom. The lowest BCUT2D eigenvalue weighted by Crippen LogP contribution is -2.21. The molecular weight excluding hydrogens is 145 g/mol. The quantitative estimate of drug-likeness (QED) is 0.572. The Balaban J connectivity index is 2.15. The van der Waals surface area contributed by atoms with Crippen molar-refractivity contribution in [1.82, 2.24) is 4.90 Å². The van der Waals surface area contributed by atoms with E-state index >= 15 is 0 Å². The molecule has 1 heterocycles. The first-order valence-electron chi connectivity index (χ1n) is 3.76. The van der Waals surface area contributed by atoms with Gasteiger partial charge in [0.1, 0.15) is 0 Å². The van der Waals surface area contributed by atoms with Crippen LogP contribution in [-0.4, -0.2) is 44.2 Å². The fourth-order valence-corrected chi connectivity index (χ4v) is 2.09. The summed E-state index contributed by atoms with van der Waals surface area (Å²) in [7, 11) is 2.86. The van der Waals surface area contributed by atoms with Crippen LogP contribution in [0.2, 0.25) is 0 Å². The van der Waals surface area contributed by atoms with Crippen LogP contribution in [-0.2, 0) is 4.74 Å². The Hall–Kier alpha value is 0.350. The van der Waals surface area contributed by atoms with Crippen LogP contribution in [0.25, 0.3) is 0 Å². The Labute approximate surface area is 64.7 Å².